The number of hydrogen-bond donors (Lipinski definition) is 1. The van der Waals surface area contributed by atoms with E-state index in [2.05, 4.69) is 29.2 Å². The first-order valence-corrected chi connectivity index (χ1v) is 7.15. The molecule has 98 valence electrons. The first kappa shape index (κ1) is 12.0. The topological polar surface area (TPSA) is 23.5 Å². The third kappa shape index (κ3) is 1.93. The third-order valence-electron chi connectivity index (χ3n) is 4.62. The van der Waals surface area contributed by atoms with Gasteiger partial charge in [-0.25, -0.2) is 0 Å². The van der Waals surface area contributed by atoms with Crippen LogP contribution in [0.3, 0.4) is 0 Å². The van der Waals surface area contributed by atoms with E-state index in [0.717, 1.165) is 6.54 Å². The first-order chi connectivity index (χ1) is 8.57. The van der Waals surface area contributed by atoms with Gasteiger partial charge in [0.2, 0.25) is 0 Å². The van der Waals surface area contributed by atoms with Gasteiger partial charge < -0.3 is 10.0 Å². The van der Waals surface area contributed by atoms with Crippen molar-refractivity contribution in [3.63, 3.8) is 0 Å². The second-order valence-electron chi connectivity index (χ2n) is 6.36. The maximum absolute atomic E-state index is 10.4. The highest BCUT2D eigenvalue weighted by molar-refractivity contribution is 5.61. The van der Waals surface area contributed by atoms with Gasteiger partial charge in [0, 0.05) is 24.2 Å². The molecule has 1 aliphatic heterocycles. The molecule has 0 amide bonds. The fourth-order valence-corrected chi connectivity index (χ4v) is 3.60. The molecule has 0 spiro atoms. The summed E-state index contributed by atoms with van der Waals surface area (Å²) in [5.74, 6) is 0.245. The number of benzene rings is 1. The summed E-state index contributed by atoms with van der Waals surface area (Å²) in [6.07, 6.45) is 5.34. The van der Waals surface area contributed by atoms with Crippen LogP contribution in [0.25, 0.3) is 0 Å². The zero-order chi connectivity index (χ0) is 12.8. The summed E-state index contributed by atoms with van der Waals surface area (Å²) in [7, 11) is 0. The minimum absolute atomic E-state index is 0.245. The lowest BCUT2D eigenvalue weighted by molar-refractivity contribution is 0.0544. The largest absolute Gasteiger partial charge is 0.390 e. The summed E-state index contributed by atoms with van der Waals surface area (Å²) in [4.78, 5) is 2.55. The molecule has 2 nitrogen and oxygen atoms in total. The van der Waals surface area contributed by atoms with Crippen molar-refractivity contribution in [3.8, 4) is 0 Å². The van der Waals surface area contributed by atoms with E-state index < -0.39 is 5.60 Å². The standard InChI is InChI=1S/C16H23NO/c1-16(2,18)14-11-17(12-7-3-4-8-12)15-10-6-5-9-13(14)15/h5-6,9-10,12,14,18H,3-4,7-8,11H2,1-2H3. The van der Waals surface area contributed by atoms with Crippen molar-refractivity contribution in [3.05, 3.63) is 29.8 Å². The van der Waals surface area contributed by atoms with Crippen LogP contribution in [0.2, 0.25) is 0 Å². The van der Waals surface area contributed by atoms with Crippen LogP contribution in [0.15, 0.2) is 24.3 Å². The quantitative estimate of drug-likeness (QED) is 0.864. The monoisotopic (exact) mass is 245 g/mol. The molecule has 1 heterocycles. The maximum atomic E-state index is 10.4. The van der Waals surface area contributed by atoms with Crippen LogP contribution in [0.5, 0.6) is 0 Å². The van der Waals surface area contributed by atoms with E-state index >= 15 is 0 Å². The number of hydrogen-bond acceptors (Lipinski definition) is 2. The second kappa shape index (κ2) is 4.27. The molecule has 2 aliphatic rings. The summed E-state index contributed by atoms with van der Waals surface area (Å²) >= 11 is 0. The van der Waals surface area contributed by atoms with E-state index in [1.807, 2.05) is 13.8 Å². The van der Waals surface area contributed by atoms with Crippen molar-refractivity contribution >= 4 is 5.69 Å². The molecule has 1 fully saturated rings. The molecule has 0 bridgehead atoms. The highest BCUT2D eigenvalue weighted by Crippen LogP contribution is 2.44. The van der Waals surface area contributed by atoms with Crippen molar-refractivity contribution in [1.29, 1.82) is 0 Å². The summed E-state index contributed by atoms with van der Waals surface area (Å²) in [5.41, 5.74) is 2.05. The van der Waals surface area contributed by atoms with Crippen LogP contribution < -0.4 is 4.90 Å². The van der Waals surface area contributed by atoms with Gasteiger partial charge in [0.05, 0.1) is 5.60 Å². The van der Waals surface area contributed by atoms with Gasteiger partial charge in [0.15, 0.2) is 0 Å². The van der Waals surface area contributed by atoms with Gasteiger partial charge in [0.25, 0.3) is 0 Å². The predicted molar refractivity (Wildman–Crippen MR) is 75.1 cm³/mol. The fraction of sp³-hybridized carbons (Fsp3) is 0.625. The minimum Gasteiger partial charge on any atom is -0.390 e. The van der Waals surface area contributed by atoms with E-state index in [9.17, 15) is 5.11 Å². The van der Waals surface area contributed by atoms with E-state index in [1.54, 1.807) is 0 Å². The highest BCUT2D eigenvalue weighted by atomic mass is 16.3. The molecule has 18 heavy (non-hydrogen) atoms. The SMILES string of the molecule is CC(C)(O)C1CN(C2CCCC2)c2ccccc21. The van der Waals surface area contributed by atoms with E-state index in [-0.39, 0.29) is 5.92 Å². The molecule has 1 aromatic rings. The van der Waals surface area contributed by atoms with Crippen molar-refractivity contribution in [2.24, 2.45) is 0 Å². The lowest BCUT2D eigenvalue weighted by atomic mass is 9.86. The smallest absolute Gasteiger partial charge is 0.0677 e. The van der Waals surface area contributed by atoms with Crippen LogP contribution in [0.1, 0.15) is 51.0 Å². The maximum Gasteiger partial charge on any atom is 0.0677 e. The molecule has 1 aliphatic carbocycles. The fourth-order valence-electron chi connectivity index (χ4n) is 3.60. The molecular weight excluding hydrogens is 222 g/mol. The second-order valence-corrected chi connectivity index (χ2v) is 6.36. The zero-order valence-corrected chi connectivity index (χ0v) is 11.4. The van der Waals surface area contributed by atoms with Crippen molar-refractivity contribution in [1.82, 2.24) is 0 Å². The Labute approximate surface area is 110 Å². The molecule has 3 rings (SSSR count). The average Bonchev–Trinajstić information content (AvgIpc) is 2.94. The summed E-state index contributed by atoms with van der Waals surface area (Å²) in [6, 6.07) is 9.31. The molecular formula is C16H23NO. The van der Waals surface area contributed by atoms with Crippen LogP contribution in [-0.4, -0.2) is 23.3 Å². The van der Waals surface area contributed by atoms with Crippen molar-refractivity contribution in [2.45, 2.75) is 57.1 Å². The molecule has 2 heteroatoms. The molecule has 0 aromatic heterocycles. The number of nitrogens with zero attached hydrogens (tertiary/aromatic N) is 1. The van der Waals surface area contributed by atoms with Gasteiger partial charge in [-0.05, 0) is 38.3 Å². The van der Waals surface area contributed by atoms with Gasteiger partial charge >= 0.3 is 0 Å². The van der Waals surface area contributed by atoms with Gasteiger partial charge in [-0.3, -0.25) is 0 Å². The number of aliphatic hydroxyl groups is 1. The number of rotatable bonds is 2. The first-order valence-electron chi connectivity index (χ1n) is 7.15. The lowest BCUT2D eigenvalue weighted by Gasteiger charge is -2.30. The Morgan fingerprint density at radius 2 is 1.83 bits per heavy atom. The van der Waals surface area contributed by atoms with E-state index in [1.165, 1.54) is 36.9 Å². The molecule has 0 saturated heterocycles. The Balaban J connectivity index is 1.96. The Morgan fingerprint density at radius 1 is 1.17 bits per heavy atom. The number of para-hydroxylation sites is 1. The number of fused-ring (bicyclic) bond motifs is 1. The molecule has 1 saturated carbocycles. The summed E-state index contributed by atoms with van der Waals surface area (Å²) in [5, 5.41) is 10.4. The van der Waals surface area contributed by atoms with Gasteiger partial charge in [0.1, 0.15) is 0 Å². The normalized spacial score (nSPS) is 24.6. The predicted octanol–water partition coefficient (Wildman–Crippen LogP) is 3.30. The minimum atomic E-state index is -0.635. The lowest BCUT2D eigenvalue weighted by Crippen LogP contribution is -2.37. The molecule has 1 unspecified atom stereocenters. The summed E-state index contributed by atoms with van der Waals surface area (Å²) in [6.45, 7) is 4.85. The Kier molecular flexibility index (Phi) is 2.86. The van der Waals surface area contributed by atoms with Gasteiger partial charge in [-0.1, -0.05) is 31.0 Å². The third-order valence-corrected chi connectivity index (χ3v) is 4.62. The average molecular weight is 245 g/mol. The molecule has 1 N–H and O–H groups in total. The van der Waals surface area contributed by atoms with Crippen molar-refractivity contribution < 1.29 is 5.11 Å². The molecule has 1 aromatic carbocycles. The highest BCUT2D eigenvalue weighted by Gasteiger charge is 2.40. The van der Waals surface area contributed by atoms with Gasteiger partial charge in [-0.15, -0.1) is 0 Å². The Bertz CT molecular complexity index is 429. The van der Waals surface area contributed by atoms with Crippen LogP contribution in [0, 0.1) is 0 Å². The Morgan fingerprint density at radius 3 is 2.50 bits per heavy atom. The Hall–Kier alpha value is -1.02. The molecule has 1 atom stereocenters. The van der Waals surface area contributed by atoms with Crippen LogP contribution >= 0.6 is 0 Å². The zero-order valence-electron chi connectivity index (χ0n) is 11.4. The van der Waals surface area contributed by atoms with Crippen LogP contribution in [-0.2, 0) is 0 Å². The molecule has 0 radical (unpaired) electrons. The van der Waals surface area contributed by atoms with E-state index in [0.29, 0.717) is 6.04 Å². The van der Waals surface area contributed by atoms with Crippen LogP contribution in [0.4, 0.5) is 5.69 Å². The van der Waals surface area contributed by atoms with Crippen molar-refractivity contribution in [2.75, 3.05) is 11.4 Å². The van der Waals surface area contributed by atoms with E-state index in [4.69, 9.17) is 0 Å². The van der Waals surface area contributed by atoms with Gasteiger partial charge in [-0.2, -0.15) is 0 Å². The number of anilines is 1. The summed E-state index contributed by atoms with van der Waals surface area (Å²) < 4.78 is 0.